The van der Waals surface area contributed by atoms with Gasteiger partial charge in [-0.15, -0.1) is 11.6 Å². The van der Waals surface area contributed by atoms with Crippen LogP contribution in [0.5, 0.6) is 0 Å². The zero-order chi connectivity index (χ0) is 16.2. The molecule has 1 N–H and O–H groups in total. The first-order valence-electron chi connectivity index (χ1n) is 6.77. The molecule has 0 spiro atoms. The molecule has 120 valence electrons. The number of fused-ring (bicyclic) bond motifs is 1. The zero-order valence-electron chi connectivity index (χ0n) is 12.2. The van der Waals surface area contributed by atoms with Crippen molar-refractivity contribution in [3.05, 3.63) is 46.9 Å². The molecule has 2 rings (SSSR count). The van der Waals surface area contributed by atoms with Crippen LogP contribution < -0.4 is 10.4 Å². The fourth-order valence-corrected chi connectivity index (χ4v) is 2.84. The number of alkyl halides is 1. The topological polar surface area (TPSA) is 73.1 Å². The van der Waals surface area contributed by atoms with E-state index >= 15 is 0 Å². The Morgan fingerprint density at radius 1 is 1.18 bits per heavy atom. The highest BCUT2D eigenvalue weighted by Gasteiger charge is 2.12. The van der Waals surface area contributed by atoms with E-state index in [1.807, 2.05) is 30.3 Å². The Bertz CT molecular complexity index is 837. The predicted octanol–water partition coefficient (Wildman–Crippen LogP) is 1.15. The van der Waals surface area contributed by atoms with E-state index in [4.69, 9.17) is 11.6 Å². The highest BCUT2D eigenvalue weighted by Crippen LogP contribution is 2.12. The minimum atomic E-state index is -3.27. The average Bonchev–Trinajstić information content (AvgIpc) is 2.72. The molecule has 0 saturated heterocycles. The van der Waals surface area contributed by atoms with Crippen molar-refractivity contribution in [1.29, 1.82) is 0 Å². The number of benzene rings is 1. The molecule has 2 aromatic rings. The van der Waals surface area contributed by atoms with E-state index < -0.39 is 10.0 Å². The largest absolute Gasteiger partial charge is 0.329 e. The Balaban J connectivity index is 2.35. The lowest BCUT2D eigenvalue weighted by atomic mass is 10.3. The van der Waals surface area contributed by atoms with Crippen molar-refractivity contribution in [2.24, 2.45) is 0 Å². The van der Waals surface area contributed by atoms with Crippen molar-refractivity contribution in [3.63, 3.8) is 0 Å². The smallest absolute Gasteiger partial charge is 0.291 e. The highest BCUT2D eigenvalue weighted by atomic mass is 35.5. The van der Waals surface area contributed by atoms with E-state index in [1.54, 1.807) is 15.2 Å². The third kappa shape index (κ3) is 4.00. The second kappa shape index (κ2) is 7.13. The molecule has 0 bridgehead atoms. The van der Waals surface area contributed by atoms with Crippen LogP contribution in [0.25, 0.3) is 11.0 Å². The Labute approximate surface area is 134 Å². The third-order valence-corrected chi connectivity index (χ3v) is 4.08. The first-order chi connectivity index (χ1) is 10.4. The minimum Gasteiger partial charge on any atom is -0.291 e. The number of nitrogens with zero attached hydrogens (tertiary/aromatic N) is 2. The van der Waals surface area contributed by atoms with Gasteiger partial charge in [-0.1, -0.05) is 24.3 Å². The first-order valence-corrected chi connectivity index (χ1v) is 9.20. The summed E-state index contributed by atoms with van der Waals surface area (Å²) < 4.78 is 27.9. The fraction of sp³-hybridized carbons (Fsp3) is 0.357. The lowest BCUT2D eigenvalue weighted by Gasteiger charge is -2.03. The maximum atomic E-state index is 12.5. The molecular weight excluding hydrogens is 326 g/mol. The summed E-state index contributed by atoms with van der Waals surface area (Å²) in [5.41, 5.74) is 1.42. The molecule has 0 aliphatic carbocycles. The molecule has 22 heavy (non-hydrogen) atoms. The number of allylic oxidation sites excluding steroid dienone is 2. The number of imidazole rings is 1. The van der Waals surface area contributed by atoms with Crippen LogP contribution >= 0.6 is 11.6 Å². The SMILES string of the molecule is CS(=O)(=O)NCCn1c(=O)n(CC=CCCl)c2ccccc21. The summed E-state index contributed by atoms with van der Waals surface area (Å²) in [6, 6.07) is 7.43. The van der Waals surface area contributed by atoms with Crippen LogP contribution in [0.15, 0.2) is 41.2 Å². The predicted molar refractivity (Wildman–Crippen MR) is 88.9 cm³/mol. The van der Waals surface area contributed by atoms with Crippen molar-refractivity contribution in [2.45, 2.75) is 13.1 Å². The maximum Gasteiger partial charge on any atom is 0.329 e. The van der Waals surface area contributed by atoms with E-state index in [0.717, 1.165) is 17.3 Å². The zero-order valence-corrected chi connectivity index (χ0v) is 13.8. The lowest BCUT2D eigenvalue weighted by Crippen LogP contribution is -2.31. The summed E-state index contributed by atoms with van der Waals surface area (Å²) in [6.07, 6.45) is 4.71. The number of hydrogen-bond acceptors (Lipinski definition) is 3. The van der Waals surface area contributed by atoms with Crippen LogP contribution in [0.4, 0.5) is 0 Å². The van der Waals surface area contributed by atoms with Crippen LogP contribution in [-0.4, -0.2) is 36.2 Å². The molecule has 0 atom stereocenters. The summed E-state index contributed by atoms with van der Waals surface area (Å²) >= 11 is 5.60. The van der Waals surface area contributed by atoms with E-state index in [1.165, 1.54) is 0 Å². The summed E-state index contributed by atoms with van der Waals surface area (Å²) in [5.74, 6) is 0.395. The molecule has 1 heterocycles. The van der Waals surface area contributed by atoms with E-state index in [-0.39, 0.29) is 18.8 Å². The van der Waals surface area contributed by atoms with Gasteiger partial charge < -0.3 is 0 Å². The van der Waals surface area contributed by atoms with Crippen molar-refractivity contribution < 1.29 is 8.42 Å². The van der Waals surface area contributed by atoms with Crippen LogP contribution in [0.2, 0.25) is 0 Å². The van der Waals surface area contributed by atoms with Crippen LogP contribution in [0, 0.1) is 0 Å². The van der Waals surface area contributed by atoms with Gasteiger partial charge in [0.2, 0.25) is 10.0 Å². The number of nitrogens with one attached hydrogen (secondary N) is 1. The molecule has 0 aliphatic heterocycles. The molecule has 0 radical (unpaired) electrons. The van der Waals surface area contributed by atoms with Crippen LogP contribution in [-0.2, 0) is 23.1 Å². The summed E-state index contributed by atoms with van der Waals surface area (Å²) in [6.45, 7) is 0.876. The summed E-state index contributed by atoms with van der Waals surface area (Å²) in [5, 5.41) is 0. The number of hydrogen-bond donors (Lipinski definition) is 1. The van der Waals surface area contributed by atoms with Gasteiger partial charge in [0, 0.05) is 25.5 Å². The molecule has 1 aromatic heterocycles. The number of halogens is 1. The van der Waals surface area contributed by atoms with Crippen molar-refractivity contribution >= 4 is 32.7 Å². The van der Waals surface area contributed by atoms with Crippen molar-refractivity contribution in [3.8, 4) is 0 Å². The fourth-order valence-electron chi connectivity index (χ4n) is 2.25. The van der Waals surface area contributed by atoms with Gasteiger partial charge in [0.05, 0.1) is 17.3 Å². The van der Waals surface area contributed by atoms with E-state index in [9.17, 15) is 13.2 Å². The molecule has 0 saturated carbocycles. The lowest BCUT2D eigenvalue weighted by molar-refractivity contribution is 0.576. The molecule has 0 amide bonds. The van der Waals surface area contributed by atoms with Gasteiger partial charge in [0.15, 0.2) is 0 Å². The first kappa shape index (κ1) is 16.8. The maximum absolute atomic E-state index is 12.5. The standard InChI is InChI=1S/C14H18ClN3O3S/c1-22(20,21)16-9-11-18-13-7-3-2-6-12(13)17(14(18)19)10-5-4-8-15/h2-7,16H,8-11H2,1H3. The molecule has 8 heteroatoms. The molecule has 6 nitrogen and oxygen atoms in total. The Morgan fingerprint density at radius 2 is 1.82 bits per heavy atom. The second-order valence-corrected chi connectivity index (χ2v) is 6.97. The summed E-state index contributed by atoms with van der Waals surface area (Å²) in [7, 11) is -3.27. The highest BCUT2D eigenvalue weighted by molar-refractivity contribution is 7.88. The Kier molecular flexibility index (Phi) is 5.44. The molecule has 1 aromatic carbocycles. The summed E-state index contributed by atoms with van der Waals surface area (Å²) in [4.78, 5) is 12.5. The Hall–Kier alpha value is -1.57. The van der Waals surface area contributed by atoms with Gasteiger partial charge in [0.1, 0.15) is 0 Å². The third-order valence-electron chi connectivity index (χ3n) is 3.17. The van der Waals surface area contributed by atoms with Gasteiger partial charge in [-0.05, 0) is 12.1 Å². The van der Waals surface area contributed by atoms with Gasteiger partial charge in [0.25, 0.3) is 0 Å². The molecule has 0 unspecified atom stereocenters. The van der Waals surface area contributed by atoms with Gasteiger partial charge in [-0.2, -0.15) is 0 Å². The van der Waals surface area contributed by atoms with E-state index in [2.05, 4.69) is 4.72 Å². The van der Waals surface area contributed by atoms with Crippen LogP contribution in [0.1, 0.15) is 0 Å². The Morgan fingerprint density at radius 3 is 2.41 bits per heavy atom. The average molecular weight is 344 g/mol. The van der Waals surface area contributed by atoms with Crippen molar-refractivity contribution in [1.82, 2.24) is 13.9 Å². The van der Waals surface area contributed by atoms with Gasteiger partial charge in [-0.25, -0.2) is 17.9 Å². The normalized spacial score (nSPS) is 12.5. The quantitative estimate of drug-likeness (QED) is 0.605. The molecule has 0 aliphatic rings. The van der Waals surface area contributed by atoms with E-state index in [0.29, 0.717) is 12.4 Å². The van der Waals surface area contributed by atoms with Gasteiger partial charge in [-0.3, -0.25) is 9.13 Å². The molecular formula is C14H18ClN3O3S. The monoisotopic (exact) mass is 343 g/mol. The number of para-hydroxylation sites is 2. The number of rotatable bonds is 7. The van der Waals surface area contributed by atoms with Crippen molar-refractivity contribution in [2.75, 3.05) is 18.7 Å². The molecule has 0 fully saturated rings. The minimum absolute atomic E-state index is 0.171. The number of sulfonamides is 1. The van der Waals surface area contributed by atoms with Gasteiger partial charge >= 0.3 is 5.69 Å². The second-order valence-electron chi connectivity index (χ2n) is 4.83. The number of aromatic nitrogens is 2. The van der Waals surface area contributed by atoms with Crippen LogP contribution in [0.3, 0.4) is 0 Å².